The van der Waals surface area contributed by atoms with E-state index in [1.165, 1.54) is 12.5 Å². The summed E-state index contributed by atoms with van der Waals surface area (Å²) in [5.41, 5.74) is 1.71. The van der Waals surface area contributed by atoms with Crippen molar-refractivity contribution in [2.75, 3.05) is 16.5 Å². The molecule has 25 heavy (non-hydrogen) atoms. The predicted molar refractivity (Wildman–Crippen MR) is 95.9 cm³/mol. The van der Waals surface area contributed by atoms with Crippen LogP contribution in [0.15, 0.2) is 42.9 Å². The van der Waals surface area contributed by atoms with Gasteiger partial charge in [0.05, 0.1) is 17.3 Å². The second-order valence-corrected chi connectivity index (χ2v) is 5.14. The Hall–Kier alpha value is -3.37. The Morgan fingerprint density at radius 3 is 2.92 bits per heavy atom. The number of nitrogens with one attached hydrogen (secondary N) is 2. The zero-order valence-corrected chi connectivity index (χ0v) is 13.6. The average Bonchev–Trinajstić information content (AvgIpc) is 2.63. The summed E-state index contributed by atoms with van der Waals surface area (Å²) in [7, 11) is 0. The molecule has 0 unspecified atom stereocenters. The number of nitrogens with zero attached hydrogens (tertiary/aromatic N) is 3. The number of carbonyl (C=O) groups excluding carboxylic acids is 1. The van der Waals surface area contributed by atoms with Gasteiger partial charge in [0.15, 0.2) is 5.65 Å². The lowest BCUT2D eigenvalue weighted by molar-refractivity contribution is -0.113. The number of ether oxygens (including phenoxy) is 1. The van der Waals surface area contributed by atoms with Crippen LogP contribution in [0.2, 0.25) is 0 Å². The molecule has 0 saturated carbocycles. The Kier molecular flexibility index (Phi) is 4.92. The van der Waals surface area contributed by atoms with Crippen LogP contribution in [0.5, 0.6) is 5.75 Å². The van der Waals surface area contributed by atoms with E-state index in [-0.39, 0.29) is 11.8 Å². The van der Waals surface area contributed by atoms with Crippen molar-refractivity contribution in [1.29, 1.82) is 0 Å². The van der Waals surface area contributed by atoms with E-state index in [4.69, 9.17) is 22.8 Å². The first-order chi connectivity index (χ1) is 12.2. The minimum atomic E-state index is -0.326. The molecule has 0 aliphatic carbocycles. The Balaban J connectivity index is 1.95. The van der Waals surface area contributed by atoms with Crippen molar-refractivity contribution >= 4 is 45.7 Å². The van der Waals surface area contributed by atoms with Gasteiger partial charge in [-0.1, -0.05) is 12.5 Å². The number of pyridine rings is 1. The van der Waals surface area contributed by atoms with Gasteiger partial charge in [-0.15, -0.1) is 11.6 Å². The van der Waals surface area contributed by atoms with Crippen LogP contribution in [-0.2, 0) is 4.79 Å². The summed E-state index contributed by atoms with van der Waals surface area (Å²) in [6.45, 7) is 0. The lowest BCUT2D eigenvalue weighted by atomic mass is 10.2. The molecular formula is C17H12ClN5O2. The molecule has 0 aliphatic rings. The number of alkyl halides is 1. The summed E-state index contributed by atoms with van der Waals surface area (Å²) >= 11 is 5.50. The normalized spacial score (nSPS) is 10.1. The fourth-order valence-corrected chi connectivity index (χ4v) is 2.22. The van der Waals surface area contributed by atoms with Crippen LogP contribution in [0.4, 0.5) is 17.2 Å². The summed E-state index contributed by atoms with van der Waals surface area (Å²) in [5.74, 6) is 0.584. The Bertz CT molecular complexity index is 971. The predicted octanol–water partition coefficient (Wildman–Crippen LogP) is 2.92. The quantitative estimate of drug-likeness (QED) is 0.541. The number of hydrogen-bond donors (Lipinski definition) is 2. The summed E-state index contributed by atoms with van der Waals surface area (Å²) in [6, 6.07) is 8.83. The number of amides is 1. The molecule has 3 rings (SSSR count). The number of halogens is 1. The number of rotatable bonds is 5. The van der Waals surface area contributed by atoms with E-state index >= 15 is 0 Å². The Labute approximate surface area is 148 Å². The van der Waals surface area contributed by atoms with Crippen molar-refractivity contribution in [2.45, 2.75) is 0 Å². The largest absolute Gasteiger partial charge is 0.408 e. The molecule has 0 aliphatic heterocycles. The third-order valence-electron chi connectivity index (χ3n) is 3.17. The smallest absolute Gasteiger partial charge is 0.239 e. The van der Waals surface area contributed by atoms with Gasteiger partial charge in [-0.05, 0) is 18.2 Å². The van der Waals surface area contributed by atoms with Gasteiger partial charge in [0, 0.05) is 11.8 Å². The second kappa shape index (κ2) is 7.47. The molecule has 124 valence electrons. The molecule has 0 fully saturated rings. The van der Waals surface area contributed by atoms with Crippen LogP contribution in [0.25, 0.3) is 11.0 Å². The van der Waals surface area contributed by atoms with Gasteiger partial charge < -0.3 is 15.4 Å². The van der Waals surface area contributed by atoms with Gasteiger partial charge in [0.2, 0.25) is 5.91 Å². The highest BCUT2D eigenvalue weighted by molar-refractivity contribution is 6.29. The fourth-order valence-electron chi connectivity index (χ4n) is 2.15. The Morgan fingerprint density at radius 1 is 1.24 bits per heavy atom. The SMILES string of the molecule is C#COc1cccc(Nc2ncnc3ncc(NC(=O)CCl)cc23)c1. The van der Waals surface area contributed by atoms with Crippen molar-refractivity contribution in [2.24, 2.45) is 0 Å². The number of terminal acetylenes is 1. The highest BCUT2D eigenvalue weighted by atomic mass is 35.5. The molecule has 3 aromatic rings. The molecule has 2 N–H and O–H groups in total. The van der Waals surface area contributed by atoms with Crippen LogP contribution in [0, 0.1) is 12.5 Å². The van der Waals surface area contributed by atoms with Gasteiger partial charge in [0.25, 0.3) is 0 Å². The van der Waals surface area contributed by atoms with E-state index < -0.39 is 0 Å². The Morgan fingerprint density at radius 2 is 2.12 bits per heavy atom. The fraction of sp³-hybridized carbons (Fsp3) is 0.0588. The maximum Gasteiger partial charge on any atom is 0.239 e. The molecule has 0 saturated heterocycles. The average molecular weight is 354 g/mol. The van der Waals surface area contributed by atoms with Crippen molar-refractivity contribution in [3.63, 3.8) is 0 Å². The molecule has 2 heterocycles. The maximum atomic E-state index is 11.4. The van der Waals surface area contributed by atoms with Gasteiger partial charge in [0.1, 0.15) is 29.9 Å². The van der Waals surface area contributed by atoms with E-state index in [0.717, 1.165) is 5.69 Å². The minimum Gasteiger partial charge on any atom is -0.408 e. The molecule has 0 radical (unpaired) electrons. The number of carbonyl (C=O) groups is 1. The van der Waals surface area contributed by atoms with Crippen LogP contribution < -0.4 is 15.4 Å². The van der Waals surface area contributed by atoms with Gasteiger partial charge in [-0.2, -0.15) is 0 Å². The van der Waals surface area contributed by atoms with E-state index in [1.54, 1.807) is 24.3 Å². The summed E-state index contributed by atoms with van der Waals surface area (Å²) in [4.78, 5) is 24.0. The number of aromatic nitrogens is 3. The highest BCUT2D eigenvalue weighted by Gasteiger charge is 2.08. The lowest BCUT2D eigenvalue weighted by Gasteiger charge is -2.10. The molecule has 0 spiro atoms. The molecular weight excluding hydrogens is 342 g/mol. The second-order valence-electron chi connectivity index (χ2n) is 4.87. The topological polar surface area (TPSA) is 89.0 Å². The third-order valence-corrected chi connectivity index (χ3v) is 3.41. The number of hydrogen-bond acceptors (Lipinski definition) is 6. The maximum absolute atomic E-state index is 11.4. The van der Waals surface area contributed by atoms with E-state index in [1.807, 2.05) is 6.07 Å². The van der Waals surface area contributed by atoms with Crippen LogP contribution in [0.3, 0.4) is 0 Å². The van der Waals surface area contributed by atoms with Gasteiger partial charge in [-0.25, -0.2) is 15.0 Å². The van der Waals surface area contributed by atoms with Crippen molar-refractivity contribution in [1.82, 2.24) is 15.0 Å². The van der Waals surface area contributed by atoms with Crippen LogP contribution in [0.1, 0.15) is 0 Å². The zero-order valence-electron chi connectivity index (χ0n) is 12.9. The van der Waals surface area contributed by atoms with E-state index in [2.05, 4.69) is 31.7 Å². The van der Waals surface area contributed by atoms with Crippen molar-refractivity contribution in [3.05, 3.63) is 42.9 Å². The highest BCUT2D eigenvalue weighted by Crippen LogP contribution is 2.26. The summed E-state index contributed by atoms with van der Waals surface area (Å²) in [5, 5.41) is 6.44. The molecule has 7 nitrogen and oxygen atoms in total. The number of anilines is 3. The summed E-state index contributed by atoms with van der Waals surface area (Å²) in [6.07, 6.45) is 10.2. The number of fused-ring (bicyclic) bond motifs is 1. The van der Waals surface area contributed by atoms with Gasteiger partial charge >= 0.3 is 0 Å². The molecule has 2 aromatic heterocycles. The van der Waals surface area contributed by atoms with Crippen molar-refractivity contribution < 1.29 is 9.53 Å². The molecule has 1 amide bonds. The minimum absolute atomic E-state index is 0.142. The third kappa shape index (κ3) is 3.94. The molecule has 1 aromatic carbocycles. The van der Waals surface area contributed by atoms with E-state index in [9.17, 15) is 4.79 Å². The zero-order chi connectivity index (χ0) is 17.6. The molecule has 0 bridgehead atoms. The first-order valence-electron chi connectivity index (χ1n) is 7.15. The monoisotopic (exact) mass is 353 g/mol. The van der Waals surface area contributed by atoms with Crippen molar-refractivity contribution in [3.8, 4) is 18.3 Å². The molecule has 8 heteroatoms. The first kappa shape index (κ1) is 16.5. The van der Waals surface area contributed by atoms with Gasteiger partial charge in [-0.3, -0.25) is 4.79 Å². The lowest BCUT2D eigenvalue weighted by Crippen LogP contribution is -2.12. The van der Waals surface area contributed by atoms with E-state index in [0.29, 0.717) is 28.3 Å². The summed E-state index contributed by atoms with van der Waals surface area (Å²) < 4.78 is 5.03. The molecule has 0 atom stereocenters. The van der Waals surface area contributed by atoms with Crippen LogP contribution in [-0.4, -0.2) is 26.7 Å². The number of benzene rings is 1. The van der Waals surface area contributed by atoms with Crippen LogP contribution >= 0.6 is 11.6 Å². The first-order valence-corrected chi connectivity index (χ1v) is 7.69. The standard InChI is InChI=1S/C17H12ClN5O2/c1-2-25-13-5-3-4-11(6-13)23-17-14-7-12(22-15(24)8-18)9-19-16(14)20-10-21-17/h1,3-7,9-10H,8H2,(H,22,24)(H,19,20,21,23).